The normalized spacial score (nSPS) is 23.1. The molecule has 5 nitrogen and oxygen atoms in total. The summed E-state index contributed by atoms with van der Waals surface area (Å²) in [6.07, 6.45) is 0.223. The van der Waals surface area contributed by atoms with Crippen LogP contribution in [0.4, 0.5) is 13.2 Å². The second kappa shape index (κ2) is 7.81. The van der Waals surface area contributed by atoms with E-state index in [0.717, 1.165) is 36.1 Å². The number of rotatable bonds is 5. The minimum atomic E-state index is -4.36. The van der Waals surface area contributed by atoms with Crippen molar-refractivity contribution in [2.45, 2.75) is 56.9 Å². The van der Waals surface area contributed by atoms with Crippen LogP contribution in [0.25, 0.3) is 0 Å². The van der Waals surface area contributed by atoms with Gasteiger partial charge < -0.3 is 14.4 Å². The Morgan fingerprint density at radius 1 is 1.07 bits per heavy atom. The number of hydrogen-bond donors (Lipinski definition) is 0. The molecule has 1 aromatic rings. The number of carbonyl (C=O) groups excluding carboxylic acids is 1. The fraction of sp³-hybridized carbons (Fsp3) is 0.650. The highest BCUT2D eigenvalue weighted by Gasteiger charge is 2.43. The second-order valence-electron chi connectivity index (χ2n) is 7.77. The van der Waals surface area contributed by atoms with Crippen molar-refractivity contribution in [1.29, 1.82) is 0 Å². The van der Waals surface area contributed by atoms with Crippen molar-refractivity contribution in [3.8, 4) is 11.5 Å². The standard InChI is InChI=1S/C20H25F3N2O3/c21-20(22,23)13-24-8-7-16(19(24)26)25(15-3-1-2-4-15)12-14-5-6-17-18(11-14)28-10-9-27-17/h5-6,11,15-16H,1-4,7-10,12-13H2. The van der Waals surface area contributed by atoms with Crippen LogP contribution in [0.5, 0.6) is 11.5 Å². The highest BCUT2D eigenvalue weighted by atomic mass is 19.4. The molecule has 1 aliphatic carbocycles. The summed E-state index contributed by atoms with van der Waals surface area (Å²) in [7, 11) is 0. The van der Waals surface area contributed by atoms with Crippen molar-refractivity contribution in [3.05, 3.63) is 23.8 Å². The molecule has 8 heteroatoms. The zero-order valence-corrected chi connectivity index (χ0v) is 15.7. The lowest BCUT2D eigenvalue weighted by Gasteiger charge is -2.34. The summed E-state index contributed by atoms with van der Waals surface area (Å²) >= 11 is 0. The molecule has 0 aromatic heterocycles. The molecule has 1 saturated heterocycles. The number of hydrogen-bond acceptors (Lipinski definition) is 4. The van der Waals surface area contributed by atoms with Gasteiger partial charge in [0, 0.05) is 19.1 Å². The molecule has 154 valence electrons. The number of benzene rings is 1. The predicted octanol–water partition coefficient (Wildman–Crippen LogP) is 3.37. The molecule has 3 aliphatic rings. The highest BCUT2D eigenvalue weighted by Crippen LogP contribution is 2.34. The highest BCUT2D eigenvalue weighted by molar-refractivity contribution is 5.84. The number of likely N-dealkylation sites (tertiary alicyclic amines) is 1. The predicted molar refractivity (Wildman–Crippen MR) is 96.3 cm³/mol. The Balaban J connectivity index is 1.52. The SMILES string of the molecule is O=C1C(N(Cc2ccc3c(c2)OCCO3)C2CCCC2)CCN1CC(F)(F)F. The molecule has 0 radical (unpaired) electrons. The van der Waals surface area contributed by atoms with Gasteiger partial charge in [0.15, 0.2) is 11.5 Å². The van der Waals surface area contributed by atoms with Gasteiger partial charge in [-0.05, 0) is 37.0 Å². The minimum Gasteiger partial charge on any atom is -0.486 e. The maximum Gasteiger partial charge on any atom is 0.406 e. The topological polar surface area (TPSA) is 42.0 Å². The van der Waals surface area contributed by atoms with Gasteiger partial charge in [0.05, 0.1) is 6.04 Å². The van der Waals surface area contributed by atoms with E-state index in [1.165, 1.54) is 0 Å². The van der Waals surface area contributed by atoms with Crippen LogP contribution in [0.1, 0.15) is 37.7 Å². The maximum absolute atomic E-state index is 12.8. The largest absolute Gasteiger partial charge is 0.486 e. The smallest absolute Gasteiger partial charge is 0.406 e. The lowest BCUT2D eigenvalue weighted by molar-refractivity contribution is -0.159. The molecule has 1 atom stereocenters. The Bertz CT molecular complexity index is 719. The van der Waals surface area contributed by atoms with Crippen LogP contribution in [0.15, 0.2) is 18.2 Å². The number of fused-ring (bicyclic) bond motifs is 1. The first-order valence-corrected chi connectivity index (χ1v) is 9.90. The zero-order chi connectivity index (χ0) is 19.7. The summed E-state index contributed by atoms with van der Waals surface area (Å²) in [5, 5.41) is 0. The Hall–Kier alpha value is -1.96. The molecule has 1 amide bonds. The Morgan fingerprint density at radius 2 is 1.79 bits per heavy atom. The van der Waals surface area contributed by atoms with Crippen LogP contribution < -0.4 is 9.47 Å². The molecule has 2 heterocycles. The van der Waals surface area contributed by atoms with Gasteiger partial charge >= 0.3 is 6.18 Å². The molecule has 1 aromatic carbocycles. The lowest BCUT2D eigenvalue weighted by Crippen LogP contribution is -2.47. The summed E-state index contributed by atoms with van der Waals surface area (Å²) in [6, 6.07) is 5.47. The molecule has 28 heavy (non-hydrogen) atoms. The van der Waals surface area contributed by atoms with E-state index in [4.69, 9.17) is 9.47 Å². The molecule has 0 spiro atoms. The summed E-state index contributed by atoms with van der Waals surface area (Å²) in [4.78, 5) is 15.8. The van der Waals surface area contributed by atoms with Crippen LogP contribution in [-0.2, 0) is 11.3 Å². The van der Waals surface area contributed by atoms with E-state index in [9.17, 15) is 18.0 Å². The van der Waals surface area contributed by atoms with Crippen molar-refractivity contribution in [2.75, 3.05) is 26.3 Å². The van der Waals surface area contributed by atoms with Crippen molar-refractivity contribution in [1.82, 2.24) is 9.80 Å². The molecule has 2 aliphatic heterocycles. The third-order valence-corrected chi connectivity index (χ3v) is 5.81. The monoisotopic (exact) mass is 398 g/mol. The van der Waals surface area contributed by atoms with E-state index in [0.29, 0.717) is 37.7 Å². The Morgan fingerprint density at radius 3 is 2.50 bits per heavy atom. The minimum absolute atomic E-state index is 0.160. The molecular formula is C20H25F3N2O3. The maximum atomic E-state index is 12.8. The van der Waals surface area contributed by atoms with Crippen LogP contribution in [0.2, 0.25) is 0 Å². The van der Waals surface area contributed by atoms with Crippen LogP contribution in [0.3, 0.4) is 0 Å². The van der Waals surface area contributed by atoms with Crippen LogP contribution >= 0.6 is 0 Å². The van der Waals surface area contributed by atoms with Gasteiger partial charge in [0.2, 0.25) is 5.91 Å². The zero-order valence-electron chi connectivity index (χ0n) is 15.7. The summed E-state index contributed by atoms with van der Waals surface area (Å²) in [5.41, 5.74) is 0.984. The van der Waals surface area contributed by atoms with E-state index in [1.807, 2.05) is 18.2 Å². The quantitative estimate of drug-likeness (QED) is 0.763. The summed E-state index contributed by atoms with van der Waals surface area (Å²) in [5.74, 6) is 0.990. The third-order valence-electron chi connectivity index (χ3n) is 5.81. The van der Waals surface area contributed by atoms with E-state index >= 15 is 0 Å². The van der Waals surface area contributed by atoms with Gasteiger partial charge in [0.1, 0.15) is 19.8 Å². The summed E-state index contributed by atoms with van der Waals surface area (Å²) in [6.45, 7) is 0.540. The van der Waals surface area contributed by atoms with Gasteiger partial charge in [-0.25, -0.2) is 0 Å². The molecular weight excluding hydrogens is 373 g/mol. The average molecular weight is 398 g/mol. The van der Waals surface area contributed by atoms with Gasteiger partial charge in [-0.2, -0.15) is 13.2 Å². The van der Waals surface area contributed by atoms with Crippen molar-refractivity contribution >= 4 is 5.91 Å². The van der Waals surface area contributed by atoms with Crippen LogP contribution in [0, 0.1) is 0 Å². The van der Waals surface area contributed by atoms with E-state index in [-0.39, 0.29) is 12.6 Å². The van der Waals surface area contributed by atoms with Gasteiger partial charge in [-0.3, -0.25) is 9.69 Å². The number of halogens is 3. The van der Waals surface area contributed by atoms with Gasteiger partial charge in [-0.15, -0.1) is 0 Å². The second-order valence-corrected chi connectivity index (χ2v) is 7.77. The number of alkyl halides is 3. The Kier molecular flexibility index (Phi) is 5.40. The number of amides is 1. The lowest BCUT2D eigenvalue weighted by atomic mass is 10.1. The van der Waals surface area contributed by atoms with Crippen molar-refractivity contribution < 1.29 is 27.4 Å². The van der Waals surface area contributed by atoms with Crippen molar-refractivity contribution in [2.24, 2.45) is 0 Å². The van der Waals surface area contributed by atoms with Crippen molar-refractivity contribution in [3.63, 3.8) is 0 Å². The third kappa shape index (κ3) is 4.21. The van der Waals surface area contributed by atoms with Gasteiger partial charge in [0.25, 0.3) is 0 Å². The first kappa shape index (κ1) is 19.4. The molecule has 2 fully saturated rings. The molecule has 1 saturated carbocycles. The number of nitrogens with zero attached hydrogens (tertiary/aromatic N) is 2. The van der Waals surface area contributed by atoms with E-state index in [1.54, 1.807) is 0 Å². The Labute approximate surface area is 162 Å². The van der Waals surface area contributed by atoms with Crippen LogP contribution in [-0.4, -0.2) is 60.3 Å². The molecule has 1 unspecified atom stereocenters. The van der Waals surface area contributed by atoms with Gasteiger partial charge in [-0.1, -0.05) is 18.9 Å². The summed E-state index contributed by atoms with van der Waals surface area (Å²) < 4.78 is 49.6. The average Bonchev–Trinajstić information content (AvgIpc) is 3.30. The molecule has 0 bridgehead atoms. The number of ether oxygens (including phenoxy) is 2. The fourth-order valence-electron chi connectivity index (χ4n) is 4.53. The van der Waals surface area contributed by atoms with E-state index < -0.39 is 24.7 Å². The first-order chi connectivity index (χ1) is 13.4. The first-order valence-electron chi connectivity index (χ1n) is 9.90. The van der Waals surface area contributed by atoms with E-state index in [2.05, 4.69) is 4.90 Å². The molecule has 0 N–H and O–H groups in total. The fourth-order valence-corrected chi connectivity index (χ4v) is 4.53. The molecule has 4 rings (SSSR count). The number of carbonyl (C=O) groups is 1.